The van der Waals surface area contributed by atoms with Crippen LogP contribution in [0.25, 0.3) is 0 Å². The van der Waals surface area contributed by atoms with E-state index in [1.165, 1.54) is 0 Å². The van der Waals surface area contributed by atoms with Gasteiger partial charge >= 0.3 is 8.56 Å². The van der Waals surface area contributed by atoms with Crippen molar-refractivity contribution in [3.63, 3.8) is 0 Å². The van der Waals surface area contributed by atoms with Crippen LogP contribution in [0.2, 0.25) is 0 Å². The first-order valence-corrected chi connectivity index (χ1v) is 11.1. The zero-order chi connectivity index (χ0) is 16.3. The van der Waals surface area contributed by atoms with E-state index >= 15 is 0 Å². The van der Waals surface area contributed by atoms with Gasteiger partial charge in [-0.3, -0.25) is 0 Å². The van der Waals surface area contributed by atoms with E-state index in [0.717, 1.165) is 38.5 Å². The summed E-state index contributed by atoms with van der Waals surface area (Å²) in [7, 11) is -2.07. The standard InChI is InChI=1S/C17H39N3Si/c1-8-15(9-2)18-21(14-7,19-16(10-3)11-4)20-17(12-5)13-6/h14-20H,7-13H2,1-6H3. The van der Waals surface area contributed by atoms with Crippen molar-refractivity contribution < 1.29 is 0 Å². The Bertz CT molecular complexity index is 223. The molecule has 3 nitrogen and oxygen atoms in total. The average Bonchev–Trinajstić information content (AvgIpc) is 2.54. The summed E-state index contributed by atoms with van der Waals surface area (Å²) in [5, 5.41) is 0. The third-order valence-electron chi connectivity index (χ3n) is 4.56. The largest absolute Gasteiger partial charge is 0.307 e. The number of rotatable bonds is 13. The van der Waals surface area contributed by atoms with Gasteiger partial charge in [0.05, 0.1) is 0 Å². The van der Waals surface area contributed by atoms with Crippen LogP contribution >= 0.6 is 0 Å². The molecule has 0 saturated heterocycles. The second-order valence-corrected chi connectivity index (χ2v) is 8.88. The SMILES string of the molecule is C=C[Si](NC(CC)CC)(NC(CC)CC)NC(CC)CC. The summed E-state index contributed by atoms with van der Waals surface area (Å²) in [6.07, 6.45) is 6.97. The highest BCUT2D eigenvalue weighted by Crippen LogP contribution is 2.09. The van der Waals surface area contributed by atoms with Crippen molar-refractivity contribution in [3.8, 4) is 0 Å². The fraction of sp³-hybridized carbons (Fsp3) is 0.882. The van der Waals surface area contributed by atoms with Gasteiger partial charge in [0.25, 0.3) is 0 Å². The molecular weight excluding hydrogens is 274 g/mol. The molecule has 0 aromatic rings. The molecule has 0 aromatic carbocycles. The van der Waals surface area contributed by atoms with Gasteiger partial charge in [-0.2, -0.15) is 0 Å². The third-order valence-corrected chi connectivity index (χ3v) is 7.76. The van der Waals surface area contributed by atoms with Gasteiger partial charge in [-0.25, -0.2) is 0 Å². The van der Waals surface area contributed by atoms with Crippen LogP contribution in [0.5, 0.6) is 0 Å². The monoisotopic (exact) mass is 313 g/mol. The van der Waals surface area contributed by atoms with Crippen molar-refractivity contribution in [2.24, 2.45) is 0 Å². The summed E-state index contributed by atoms with van der Waals surface area (Å²) in [4.78, 5) is 11.7. The summed E-state index contributed by atoms with van der Waals surface area (Å²) >= 11 is 0. The molecule has 0 unspecified atom stereocenters. The Hall–Kier alpha value is -0.163. The lowest BCUT2D eigenvalue weighted by Crippen LogP contribution is -2.76. The molecule has 126 valence electrons. The second kappa shape index (κ2) is 11.4. The minimum atomic E-state index is -2.07. The van der Waals surface area contributed by atoms with Crippen molar-refractivity contribution in [1.82, 2.24) is 14.9 Å². The summed E-state index contributed by atoms with van der Waals surface area (Å²) in [6, 6.07) is 1.66. The summed E-state index contributed by atoms with van der Waals surface area (Å²) in [5.74, 6) is 0. The number of hydrogen-bond acceptors (Lipinski definition) is 3. The Labute approximate surface area is 134 Å². The first-order valence-electron chi connectivity index (χ1n) is 9.01. The van der Waals surface area contributed by atoms with Crippen LogP contribution in [0.3, 0.4) is 0 Å². The molecule has 0 aliphatic carbocycles. The smallest absolute Gasteiger partial charge is 0.307 e. The van der Waals surface area contributed by atoms with E-state index in [1.807, 2.05) is 0 Å². The van der Waals surface area contributed by atoms with E-state index in [0.29, 0.717) is 18.1 Å². The van der Waals surface area contributed by atoms with E-state index < -0.39 is 8.56 Å². The molecule has 0 aromatic heterocycles. The molecule has 0 atom stereocenters. The predicted octanol–water partition coefficient (Wildman–Crippen LogP) is 3.99. The first kappa shape index (κ1) is 20.8. The van der Waals surface area contributed by atoms with Gasteiger partial charge in [0.15, 0.2) is 0 Å². The molecule has 0 bridgehead atoms. The lowest BCUT2D eigenvalue weighted by atomic mass is 10.2. The zero-order valence-electron chi connectivity index (χ0n) is 15.3. The molecule has 0 heterocycles. The van der Waals surface area contributed by atoms with Crippen molar-refractivity contribution in [3.05, 3.63) is 12.3 Å². The van der Waals surface area contributed by atoms with E-state index in [1.54, 1.807) is 0 Å². The quantitative estimate of drug-likeness (QED) is 0.450. The Morgan fingerprint density at radius 3 is 1.05 bits per heavy atom. The number of hydrogen-bond donors (Lipinski definition) is 3. The molecule has 0 radical (unpaired) electrons. The maximum Gasteiger partial charge on any atom is 0.307 e. The number of nitrogens with one attached hydrogen (secondary N) is 3. The maximum absolute atomic E-state index is 4.17. The van der Waals surface area contributed by atoms with Gasteiger partial charge in [0.1, 0.15) is 0 Å². The summed E-state index contributed by atoms with van der Waals surface area (Å²) < 4.78 is 0. The van der Waals surface area contributed by atoms with Gasteiger partial charge in [0.2, 0.25) is 0 Å². The molecule has 0 fully saturated rings. The van der Waals surface area contributed by atoms with Crippen molar-refractivity contribution in [1.29, 1.82) is 0 Å². The minimum absolute atomic E-state index is 0.554. The normalized spacial score (nSPS) is 12.6. The average molecular weight is 314 g/mol. The van der Waals surface area contributed by atoms with Gasteiger partial charge in [0, 0.05) is 18.1 Å². The maximum atomic E-state index is 4.17. The predicted molar refractivity (Wildman–Crippen MR) is 98.5 cm³/mol. The van der Waals surface area contributed by atoms with Crippen LogP contribution < -0.4 is 14.9 Å². The van der Waals surface area contributed by atoms with Gasteiger partial charge < -0.3 is 14.9 Å². The molecule has 0 spiro atoms. The molecule has 0 rings (SSSR count). The van der Waals surface area contributed by atoms with Crippen LogP contribution in [-0.2, 0) is 0 Å². The van der Waals surface area contributed by atoms with Crippen LogP contribution in [0.15, 0.2) is 12.3 Å². The Morgan fingerprint density at radius 2 is 0.905 bits per heavy atom. The van der Waals surface area contributed by atoms with Gasteiger partial charge in [-0.05, 0) is 38.5 Å². The van der Waals surface area contributed by atoms with Crippen LogP contribution in [0.4, 0.5) is 0 Å². The molecule has 0 saturated carbocycles. The first-order chi connectivity index (χ1) is 10.0. The zero-order valence-corrected chi connectivity index (χ0v) is 16.3. The van der Waals surface area contributed by atoms with Gasteiger partial charge in [-0.15, -0.1) is 6.58 Å². The van der Waals surface area contributed by atoms with Crippen molar-refractivity contribution in [2.45, 2.75) is 98.2 Å². The third kappa shape index (κ3) is 7.09. The van der Waals surface area contributed by atoms with E-state index in [2.05, 4.69) is 68.8 Å². The molecule has 21 heavy (non-hydrogen) atoms. The minimum Gasteiger partial charge on any atom is -0.307 e. The van der Waals surface area contributed by atoms with Crippen molar-refractivity contribution in [2.75, 3.05) is 0 Å². The molecule has 3 N–H and O–H groups in total. The Balaban J connectivity index is 5.19. The Kier molecular flexibility index (Phi) is 11.3. The lowest BCUT2D eigenvalue weighted by molar-refractivity contribution is 0.488. The fourth-order valence-corrected chi connectivity index (χ4v) is 6.51. The molecule has 0 amide bonds. The van der Waals surface area contributed by atoms with E-state index in [9.17, 15) is 0 Å². The topological polar surface area (TPSA) is 36.1 Å². The van der Waals surface area contributed by atoms with Crippen LogP contribution in [-0.4, -0.2) is 26.7 Å². The van der Waals surface area contributed by atoms with Gasteiger partial charge in [-0.1, -0.05) is 47.2 Å². The fourth-order valence-electron chi connectivity index (χ4n) is 2.75. The molecular formula is C17H39N3Si. The molecule has 0 aliphatic rings. The van der Waals surface area contributed by atoms with Crippen LogP contribution in [0.1, 0.15) is 80.1 Å². The summed E-state index contributed by atoms with van der Waals surface area (Å²) in [5.41, 5.74) is 2.15. The lowest BCUT2D eigenvalue weighted by Gasteiger charge is -2.39. The van der Waals surface area contributed by atoms with E-state index in [4.69, 9.17) is 0 Å². The van der Waals surface area contributed by atoms with E-state index in [-0.39, 0.29) is 0 Å². The second-order valence-electron chi connectivity index (χ2n) is 5.99. The highest BCUT2D eigenvalue weighted by molar-refractivity contribution is 6.77. The van der Waals surface area contributed by atoms with Crippen molar-refractivity contribution >= 4 is 8.56 Å². The highest BCUT2D eigenvalue weighted by atomic mass is 28.4. The highest BCUT2D eigenvalue weighted by Gasteiger charge is 2.35. The Morgan fingerprint density at radius 1 is 0.667 bits per heavy atom. The molecule has 0 aliphatic heterocycles. The molecule has 4 heteroatoms. The summed E-state index contributed by atoms with van der Waals surface area (Å²) in [6.45, 7) is 17.7. The van der Waals surface area contributed by atoms with Crippen LogP contribution in [0, 0.1) is 0 Å².